The van der Waals surface area contributed by atoms with Gasteiger partial charge in [-0.2, -0.15) is 0 Å². The lowest BCUT2D eigenvalue weighted by Crippen LogP contribution is -2.42. The van der Waals surface area contributed by atoms with Crippen molar-refractivity contribution in [3.05, 3.63) is 29.3 Å². The third-order valence-corrected chi connectivity index (χ3v) is 3.97. The predicted molar refractivity (Wildman–Crippen MR) is 116 cm³/mol. The van der Waals surface area contributed by atoms with Gasteiger partial charge in [0.1, 0.15) is 0 Å². The van der Waals surface area contributed by atoms with Gasteiger partial charge in [-0.25, -0.2) is 14.6 Å². The van der Waals surface area contributed by atoms with Crippen LogP contribution in [0.5, 0.6) is 0 Å². The average molecular weight is 390 g/mol. The quantitative estimate of drug-likeness (QED) is 0.214. The number of aliphatic imine (C=N–C) groups is 1. The molecule has 0 aromatic heterocycles. The standard InChI is InChI=1S/C15H24N4O.C6H11NO/c1-4-5-6-10-17-15(20)19-14(16)18-13-11(2)8-7-9-12(13)3;1-2-3-4-5-7-6-8/h7-9H,4-6,10H2,1-3H3,(H4,16,17,18,19,20);2-5H2,1H3. The summed E-state index contributed by atoms with van der Waals surface area (Å²) in [5.74, 6) is -0.0182. The zero-order chi connectivity index (χ0) is 21.2. The molecule has 0 saturated carbocycles. The highest BCUT2D eigenvalue weighted by atomic mass is 16.2. The van der Waals surface area contributed by atoms with E-state index in [1.807, 2.05) is 32.0 Å². The van der Waals surface area contributed by atoms with Crippen molar-refractivity contribution in [2.75, 3.05) is 18.4 Å². The summed E-state index contributed by atoms with van der Waals surface area (Å²) >= 11 is 0. The third kappa shape index (κ3) is 12.7. The second kappa shape index (κ2) is 16.5. The van der Waals surface area contributed by atoms with Crippen LogP contribution in [-0.2, 0) is 4.79 Å². The van der Waals surface area contributed by atoms with Gasteiger partial charge in [-0.15, -0.1) is 0 Å². The van der Waals surface area contributed by atoms with Gasteiger partial charge in [0.2, 0.25) is 12.0 Å². The Morgan fingerprint density at radius 3 is 2.25 bits per heavy atom. The highest BCUT2D eigenvalue weighted by Gasteiger charge is 2.07. The van der Waals surface area contributed by atoms with Crippen LogP contribution in [0, 0.1) is 19.3 Å². The monoisotopic (exact) mass is 389 g/mol. The maximum atomic E-state index is 11.6. The summed E-state index contributed by atoms with van der Waals surface area (Å²) in [7, 11) is 0. The molecule has 0 aliphatic carbocycles. The maximum absolute atomic E-state index is 11.6. The summed E-state index contributed by atoms with van der Waals surface area (Å²) in [6, 6.07) is 5.55. The molecule has 0 atom stereocenters. The number of nitrogens with one attached hydrogen (secondary N) is 4. The van der Waals surface area contributed by atoms with Crippen molar-refractivity contribution >= 4 is 23.8 Å². The molecule has 7 nitrogen and oxygen atoms in total. The Bertz CT molecular complexity index is 619. The molecule has 156 valence electrons. The van der Waals surface area contributed by atoms with Crippen LogP contribution in [0.25, 0.3) is 0 Å². The van der Waals surface area contributed by atoms with E-state index in [1.54, 1.807) is 0 Å². The summed E-state index contributed by atoms with van der Waals surface area (Å²) in [5.41, 5.74) is 2.95. The summed E-state index contributed by atoms with van der Waals surface area (Å²) in [5, 5.41) is 15.9. The van der Waals surface area contributed by atoms with Gasteiger partial charge in [0.05, 0.1) is 6.54 Å². The Labute approximate surface area is 168 Å². The molecule has 1 aromatic rings. The van der Waals surface area contributed by atoms with Gasteiger partial charge < -0.3 is 10.6 Å². The number of guanidine groups is 1. The second-order valence-electron chi connectivity index (χ2n) is 6.53. The number of amides is 2. The fraction of sp³-hybridized carbons (Fsp3) is 0.571. The molecular formula is C21H35N5O2. The topological polar surface area (TPSA) is 106 Å². The summed E-state index contributed by atoms with van der Waals surface area (Å²) in [4.78, 5) is 24.5. The van der Waals surface area contributed by atoms with E-state index in [2.05, 4.69) is 34.8 Å². The maximum Gasteiger partial charge on any atom is 0.321 e. The fourth-order valence-corrected chi connectivity index (χ4v) is 2.39. The SMILES string of the molecule is CCCCCN=C=O.CCCCCNC(=O)NC(=N)Nc1c(C)cccc1C. The first kappa shape index (κ1) is 25.3. The number of hydrogen-bond donors (Lipinski definition) is 4. The number of urea groups is 1. The molecular weight excluding hydrogens is 354 g/mol. The minimum atomic E-state index is -0.343. The van der Waals surface area contributed by atoms with Crippen LogP contribution < -0.4 is 16.0 Å². The third-order valence-electron chi connectivity index (χ3n) is 3.97. The number of hydrogen-bond acceptors (Lipinski definition) is 4. The molecule has 0 saturated heterocycles. The van der Waals surface area contributed by atoms with Crippen LogP contribution in [0.2, 0.25) is 0 Å². The Morgan fingerprint density at radius 2 is 1.68 bits per heavy atom. The van der Waals surface area contributed by atoms with Gasteiger partial charge in [0.25, 0.3) is 0 Å². The normalized spacial score (nSPS) is 9.43. The van der Waals surface area contributed by atoms with Crippen molar-refractivity contribution in [3.8, 4) is 0 Å². The van der Waals surface area contributed by atoms with Gasteiger partial charge in [0, 0.05) is 12.2 Å². The number of nitrogens with zero attached hydrogens (tertiary/aromatic N) is 1. The first-order valence-electron chi connectivity index (χ1n) is 9.96. The van der Waals surface area contributed by atoms with Gasteiger partial charge >= 0.3 is 6.03 Å². The van der Waals surface area contributed by atoms with E-state index >= 15 is 0 Å². The lowest BCUT2D eigenvalue weighted by atomic mass is 10.1. The zero-order valence-corrected chi connectivity index (χ0v) is 17.7. The van der Waals surface area contributed by atoms with Crippen molar-refractivity contribution in [1.29, 1.82) is 5.41 Å². The van der Waals surface area contributed by atoms with Crippen molar-refractivity contribution in [1.82, 2.24) is 10.6 Å². The minimum Gasteiger partial charge on any atom is -0.338 e. The van der Waals surface area contributed by atoms with Gasteiger partial charge in [0.15, 0.2) is 0 Å². The number of carbonyl (C=O) groups is 1. The van der Waals surface area contributed by atoms with Crippen LogP contribution in [0.3, 0.4) is 0 Å². The summed E-state index contributed by atoms with van der Waals surface area (Å²) in [6.07, 6.45) is 8.03. The number of rotatable bonds is 9. The predicted octanol–water partition coefficient (Wildman–Crippen LogP) is 4.65. The second-order valence-corrected chi connectivity index (χ2v) is 6.53. The molecule has 0 radical (unpaired) electrons. The van der Waals surface area contributed by atoms with E-state index in [9.17, 15) is 9.59 Å². The Morgan fingerprint density at radius 1 is 1.07 bits per heavy atom. The molecule has 1 rings (SSSR count). The Balaban J connectivity index is 0.000000769. The fourth-order valence-electron chi connectivity index (χ4n) is 2.39. The molecule has 0 aliphatic heterocycles. The number of aryl methyl sites for hydroxylation is 2. The molecule has 0 heterocycles. The number of para-hydroxylation sites is 1. The van der Waals surface area contributed by atoms with E-state index in [0.717, 1.165) is 48.9 Å². The van der Waals surface area contributed by atoms with Crippen molar-refractivity contribution in [2.24, 2.45) is 4.99 Å². The number of carbonyl (C=O) groups excluding carboxylic acids is 2. The van der Waals surface area contributed by atoms with Crippen LogP contribution in [0.4, 0.5) is 10.5 Å². The van der Waals surface area contributed by atoms with E-state index < -0.39 is 0 Å². The lowest BCUT2D eigenvalue weighted by molar-refractivity contribution is 0.245. The van der Waals surface area contributed by atoms with E-state index in [0.29, 0.717) is 13.1 Å². The number of isocyanates is 1. The van der Waals surface area contributed by atoms with Gasteiger partial charge in [-0.05, 0) is 37.8 Å². The van der Waals surface area contributed by atoms with E-state index in [-0.39, 0.29) is 12.0 Å². The first-order valence-corrected chi connectivity index (χ1v) is 9.96. The molecule has 1 aromatic carbocycles. The first-order chi connectivity index (χ1) is 13.5. The van der Waals surface area contributed by atoms with Crippen LogP contribution in [-0.4, -0.2) is 31.2 Å². The minimum absolute atomic E-state index is 0.0182. The number of unbranched alkanes of at least 4 members (excludes halogenated alkanes) is 4. The number of benzene rings is 1. The highest BCUT2D eigenvalue weighted by Crippen LogP contribution is 2.18. The molecule has 0 bridgehead atoms. The van der Waals surface area contributed by atoms with Gasteiger partial charge in [-0.3, -0.25) is 10.7 Å². The van der Waals surface area contributed by atoms with Crippen molar-refractivity contribution in [3.63, 3.8) is 0 Å². The van der Waals surface area contributed by atoms with Crippen molar-refractivity contribution in [2.45, 2.75) is 66.2 Å². The Kier molecular flexibility index (Phi) is 14.9. The molecule has 0 aliphatic rings. The van der Waals surface area contributed by atoms with E-state index in [4.69, 9.17) is 5.41 Å². The largest absolute Gasteiger partial charge is 0.338 e. The lowest BCUT2D eigenvalue weighted by Gasteiger charge is -2.14. The Hall–Kier alpha value is -2.66. The van der Waals surface area contributed by atoms with Crippen molar-refractivity contribution < 1.29 is 9.59 Å². The molecule has 0 spiro atoms. The van der Waals surface area contributed by atoms with E-state index in [1.165, 1.54) is 12.5 Å². The number of anilines is 1. The molecule has 0 unspecified atom stereocenters. The molecule has 28 heavy (non-hydrogen) atoms. The molecule has 0 fully saturated rings. The summed E-state index contributed by atoms with van der Waals surface area (Å²) < 4.78 is 0. The molecule has 2 amide bonds. The van der Waals surface area contributed by atoms with Crippen LogP contribution >= 0.6 is 0 Å². The molecule has 7 heteroatoms. The van der Waals surface area contributed by atoms with Gasteiger partial charge in [-0.1, -0.05) is 57.7 Å². The smallest absolute Gasteiger partial charge is 0.321 e. The molecule has 4 N–H and O–H groups in total. The van der Waals surface area contributed by atoms with Crippen LogP contribution in [0.1, 0.15) is 63.5 Å². The summed E-state index contributed by atoms with van der Waals surface area (Å²) in [6.45, 7) is 9.45. The average Bonchev–Trinajstić information content (AvgIpc) is 2.66. The van der Waals surface area contributed by atoms with Crippen LogP contribution in [0.15, 0.2) is 23.2 Å². The highest BCUT2D eigenvalue weighted by molar-refractivity contribution is 6.02. The zero-order valence-electron chi connectivity index (χ0n) is 17.7.